The van der Waals surface area contributed by atoms with E-state index in [0.29, 0.717) is 12.0 Å². The van der Waals surface area contributed by atoms with E-state index in [1.165, 1.54) is 0 Å². The number of anilines is 2. The summed E-state index contributed by atoms with van der Waals surface area (Å²) in [6.07, 6.45) is 1.22. The van der Waals surface area contributed by atoms with E-state index in [1.54, 1.807) is 11.9 Å². The molecular formula is C24H27N3O2. The maximum atomic E-state index is 13.4. The van der Waals surface area contributed by atoms with E-state index in [9.17, 15) is 9.59 Å². The first-order valence-corrected chi connectivity index (χ1v) is 10.0. The average molecular weight is 389 g/mol. The molecule has 5 nitrogen and oxygen atoms in total. The van der Waals surface area contributed by atoms with E-state index in [0.717, 1.165) is 34.6 Å². The predicted molar refractivity (Wildman–Crippen MR) is 116 cm³/mol. The zero-order valence-electron chi connectivity index (χ0n) is 17.4. The van der Waals surface area contributed by atoms with Gasteiger partial charge in [-0.05, 0) is 36.5 Å². The fourth-order valence-corrected chi connectivity index (χ4v) is 4.40. The van der Waals surface area contributed by atoms with Crippen molar-refractivity contribution in [1.29, 1.82) is 0 Å². The lowest BCUT2D eigenvalue weighted by molar-refractivity contribution is -0.118. The number of carbonyl (C=O) groups is 2. The maximum Gasteiger partial charge on any atom is 0.322 e. The molecule has 0 saturated carbocycles. The second kappa shape index (κ2) is 7.07. The lowest BCUT2D eigenvalue weighted by Gasteiger charge is -2.37. The summed E-state index contributed by atoms with van der Waals surface area (Å²) in [6.45, 7) is 6.26. The standard InChI is InChI=1S/C24H27N3O2/c1-15-9-11-16(12-10-15)22-21-18(13-24(2,3)14-20(21)28)26-17-7-5-6-8-19(17)27(22)23(29)25-4/h5-12,22,26H,13-14H2,1-4H3,(H,25,29). The maximum absolute atomic E-state index is 13.4. The van der Waals surface area contributed by atoms with Gasteiger partial charge in [-0.15, -0.1) is 0 Å². The molecule has 29 heavy (non-hydrogen) atoms. The van der Waals surface area contributed by atoms with Gasteiger partial charge in [0.05, 0.1) is 17.4 Å². The largest absolute Gasteiger partial charge is 0.357 e. The van der Waals surface area contributed by atoms with Crippen LogP contribution in [0.25, 0.3) is 0 Å². The predicted octanol–water partition coefficient (Wildman–Crippen LogP) is 4.95. The van der Waals surface area contributed by atoms with Crippen molar-refractivity contribution in [2.75, 3.05) is 17.3 Å². The van der Waals surface area contributed by atoms with Crippen LogP contribution in [0.4, 0.5) is 16.2 Å². The lowest BCUT2D eigenvalue weighted by Crippen LogP contribution is -2.43. The van der Waals surface area contributed by atoms with Gasteiger partial charge in [0.2, 0.25) is 0 Å². The number of aryl methyl sites for hydroxylation is 1. The molecule has 0 bridgehead atoms. The Bertz CT molecular complexity index is 1010. The van der Waals surface area contributed by atoms with Crippen molar-refractivity contribution < 1.29 is 9.59 Å². The van der Waals surface area contributed by atoms with Crippen LogP contribution in [0.2, 0.25) is 0 Å². The molecule has 2 amide bonds. The smallest absolute Gasteiger partial charge is 0.322 e. The van der Waals surface area contributed by atoms with Crippen LogP contribution in [-0.4, -0.2) is 18.9 Å². The number of nitrogens with one attached hydrogen (secondary N) is 2. The summed E-state index contributed by atoms with van der Waals surface area (Å²) in [5.41, 5.74) is 5.14. The van der Waals surface area contributed by atoms with Crippen molar-refractivity contribution in [3.05, 3.63) is 70.9 Å². The third kappa shape index (κ3) is 3.41. The number of hydrogen-bond donors (Lipinski definition) is 2. The van der Waals surface area contributed by atoms with E-state index >= 15 is 0 Å². The Hall–Kier alpha value is -3.08. The summed E-state index contributed by atoms with van der Waals surface area (Å²) in [5, 5.41) is 6.27. The minimum Gasteiger partial charge on any atom is -0.357 e. The quantitative estimate of drug-likeness (QED) is 0.725. The lowest BCUT2D eigenvalue weighted by atomic mass is 9.73. The summed E-state index contributed by atoms with van der Waals surface area (Å²) in [6, 6.07) is 15.1. The van der Waals surface area contributed by atoms with Gasteiger partial charge in [0.1, 0.15) is 0 Å². The van der Waals surface area contributed by atoms with Gasteiger partial charge in [0, 0.05) is 24.7 Å². The molecule has 1 aliphatic carbocycles. The van der Waals surface area contributed by atoms with Crippen LogP contribution in [0.5, 0.6) is 0 Å². The molecule has 1 unspecified atom stereocenters. The molecule has 2 aliphatic rings. The zero-order chi connectivity index (χ0) is 20.8. The molecule has 0 spiro atoms. The summed E-state index contributed by atoms with van der Waals surface area (Å²) >= 11 is 0. The number of amides is 2. The number of nitrogens with zero attached hydrogens (tertiary/aromatic N) is 1. The van der Waals surface area contributed by atoms with Gasteiger partial charge in [-0.3, -0.25) is 9.69 Å². The SMILES string of the molecule is CNC(=O)N1c2ccccc2NC2=C(C(=O)CC(C)(C)C2)C1c1ccc(C)cc1. The number of allylic oxidation sites excluding steroid dienone is 1. The Morgan fingerprint density at radius 3 is 2.48 bits per heavy atom. The molecule has 2 N–H and O–H groups in total. The highest BCUT2D eigenvalue weighted by molar-refractivity contribution is 6.05. The first-order chi connectivity index (χ1) is 13.8. The number of benzene rings is 2. The number of carbonyl (C=O) groups excluding carboxylic acids is 2. The van der Waals surface area contributed by atoms with E-state index in [4.69, 9.17) is 0 Å². The second-order valence-electron chi connectivity index (χ2n) is 8.71. The molecular weight excluding hydrogens is 362 g/mol. The highest BCUT2D eigenvalue weighted by atomic mass is 16.2. The van der Waals surface area contributed by atoms with Crippen molar-refractivity contribution in [3.8, 4) is 0 Å². The van der Waals surface area contributed by atoms with Crippen molar-refractivity contribution >= 4 is 23.2 Å². The third-order valence-corrected chi connectivity index (χ3v) is 5.73. The van der Waals surface area contributed by atoms with E-state index in [2.05, 4.69) is 24.5 Å². The Morgan fingerprint density at radius 1 is 1.10 bits per heavy atom. The highest BCUT2D eigenvalue weighted by Crippen LogP contribution is 2.48. The Morgan fingerprint density at radius 2 is 1.79 bits per heavy atom. The minimum absolute atomic E-state index is 0.0936. The zero-order valence-corrected chi connectivity index (χ0v) is 17.4. The fourth-order valence-electron chi connectivity index (χ4n) is 4.40. The Balaban J connectivity index is 2.00. The molecule has 1 atom stereocenters. The molecule has 1 heterocycles. The summed E-state index contributed by atoms with van der Waals surface area (Å²) in [7, 11) is 1.62. The molecule has 0 aromatic heterocycles. The molecule has 0 radical (unpaired) electrons. The summed E-state index contributed by atoms with van der Waals surface area (Å²) in [4.78, 5) is 28.2. The fraction of sp³-hybridized carbons (Fsp3) is 0.333. The number of urea groups is 1. The van der Waals surface area contributed by atoms with Crippen molar-refractivity contribution in [1.82, 2.24) is 5.32 Å². The number of para-hydroxylation sites is 2. The molecule has 2 aromatic rings. The van der Waals surface area contributed by atoms with Gasteiger partial charge in [-0.1, -0.05) is 55.8 Å². The number of rotatable bonds is 1. The monoisotopic (exact) mass is 389 g/mol. The molecule has 0 fully saturated rings. The Kier molecular flexibility index (Phi) is 4.69. The Labute approximate surface area is 171 Å². The number of Topliss-reactive ketones (excluding diaryl/α,β-unsaturated/α-hetero) is 1. The van der Waals surface area contributed by atoms with E-state index in [-0.39, 0.29) is 17.2 Å². The highest BCUT2D eigenvalue weighted by Gasteiger charge is 2.43. The van der Waals surface area contributed by atoms with Crippen LogP contribution in [0.1, 0.15) is 43.9 Å². The second-order valence-corrected chi connectivity index (χ2v) is 8.71. The van der Waals surface area contributed by atoms with Crippen molar-refractivity contribution in [2.45, 2.75) is 39.7 Å². The topological polar surface area (TPSA) is 61.4 Å². The molecule has 0 saturated heterocycles. The van der Waals surface area contributed by atoms with Crippen LogP contribution < -0.4 is 15.5 Å². The minimum atomic E-state index is -0.481. The molecule has 4 rings (SSSR count). The van der Waals surface area contributed by atoms with Crippen LogP contribution in [-0.2, 0) is 4.79 Å². The molecule has 1 aliphatic heterocycles. The van der Waals surface area contributed by atoms with Crippen LogP contribution in [0.3, 0.4) is 0 Å². The normalized spacial score (nSPS) is 20.3. The third-order valence-electron chi connectivity index (χ3n) is 5.73. The van der Waals surface area contributed by atoms with E-state index in [1.807, 2.05) is 55.5 Å². The van der Waals surface area contributed by atoms with Gasteiger partial charge in [0.15, 0.2) is 5.78 Å². The number of fused-ring (bicyclic) bond motifs is 1. The average Bonchev–Trinajstić information content (AvgIpc) is 2.81. The van der Waals surface area contributed by atoms with Gasteiger partial charge in [-0.25, -0.2) is 4.79 Å². The van der Waals surface area contributed by atoms with Crippen molar-refractivity contribution in [2.24, 2.45) is 5.41 Å². The number of ketones is 1. The van der Waals surface area contributed by atoms with Crippen LogP contribution in [0.15, 0.2) is 59.8 Å². The summed E-state index contributed by atoms with van der Waals surface area (Å²) in [5.74, 6) is 0.0936. The first kappa shape index (κ1) is 19.2. The first-order valence-electron chi connectivity index (χ1n) is 10.0. The van der Waals surface area contributed by atoms with E-state index < -0.39 is 6.04 Å². The van der Waals surface area contributed by atoms with Gasteiger partial charge >= 0.3 is 6.03 Å². The van der Waals surface area contributed by atoms with Gasteiger partial charge < -0.3 is 10.6 Å². The van der Waals surface area contributed by atoms with Crippen molar-refractivity contribution in [3.63, 3.8) is 0 Å². The van der Waals surface area contributed by atoms with Crippen LogP contribution >= 0.6 is 0 Å². The number of hydrogen-bond acceptors (Lipinski definition) is 3. The molecule has 5 heteroatoms. The molecule has 150 valence electrons. The molecule has 2 aromatic carbocycles. The van der Waals surface area contributed by atoms with Gasteiger partial charge in [-0.2, -0.15) is 0 Å². The van der Waals surface area contributed by atoms with Crippen LogP contribution in [0, 0.1) is 12.3 Å². The summed E-state index contributed by atoms with van der Waals surface area (Å²) < 4.78 is 0. The van der Waals surface area contributed by atoms with Gasteiger partial charge in [0.25, 0.3) is 0 Å².